The van der Waals surface area contributed by atoms with Crippen LogP contribution in [0.5, 0.6) is 0 Å². The van der Waals surface area contributed by atoms with Crippen molar-refractivity contribution in [1.82, 2.24) is 29.8 Å². The summed E-state index contributed by atoms with van der Waals surface area (Å²) in [5.74, 6) is 3.22. The number of fused-ring (bicyclic) bond motifs is 1. The zero-order valence-electron chi connectivity index (χ0n) is 12.2. The number of hydrogen-bond acceptors (Lipinski definition) is 7. The van der Waals surface area contributed by atoms with Gasteiger partial charge in [0.1, 0.15) is 23.8 Å². The smallest absolute Gasteiger partial charge is 0.177 e. The van der Waals surface area contributed by atoms with Gasteiger partial charge in [-0.25, -0.2) is 9.97 Å². The Balaban J connectivity index is 1.33. The number of nitrogens with zero attached hydrogens (tertiary/aromatic N) is 7. The topological polar surface area (TPSA) is 84.1 Å². The lowest BCUT2D eigenvalue weighted by Gasteiger charge is -2.40. The van der Waals surface area contributed by atoms with Crippen LogP contribution in [0.1, 0.15) is 5.82 Å². The Bertz CT molecular complexity index is 792. The minimum atomic E-state index is 0.591. The van der Waals surface area contributed by atoms with E-state index in [0.717, 1.165) is 42.7 Å². The molecule has 112 valence electrons. The zero-order valence-corrected chi connectivity index (χ0v) is 12.2. The number of rotatable bonds is 4. The second-order valence-corrected chi connectivity index (χ2v) is 5.47. The fourth-order valence-electron chi connectivity index (χ4n) is 2.58. The fourth-order valence-corrected chi connectivity index (χ4v) is 2.58. The van der Waals surface area contributed by atoms with E-state index in [1.807, 2.05) is 25.1 Å². The van der Waals surface area contributed by atoms with Crippen molar-refractivity contribution in [3.8, 4) is 0 Å². The molecule has 0 aliphatic carbocycles. The van der Waals surface area contributed by atoms with E-state index in [0.29, 0.717) is 5.92 Å². The van der Waals surface area contributed by atoms with E-state index in [9.17, 15) is 0 Å². The average Bonchev–Trinajstić information content (AvgIpc) is 2.93. The van der Waals surface area contributed by atoms with Crippen LogP contribution in [0.25, 0.3) is 5.65 Å². The van der Waals surface area contributed by atoms with Crippen molar-refractivity contribution >= 4 is 17.3 Å². The van der Waals surface area contributed by atoms with Crippen molar-refractivity contribution in [3.05, 3.63) is 36.5 Å². The Morgan fingerprint density at radius 3 is 3.05 bits per heavy atom. The summed E-state index contributed by atoms with van der Waals surface area (Å²) in [5.41, 5.74) is 0.765. The highest BCUT2D eigenvalue weighted by Crippen LogP contribution is 2.22. The maximum Gasteiger partial charge on any atom is 0.177 e. The quantitative estimate of drug-likeness (QED) is 0.761. The summed E-state index contributed by atoms with van der Waals surface area (Å²) in [4.78, 5) is 10.7. The van der Waals surface area contributed by atoms with E-state index in [-0.39, 0.29) is 0 Å². The predicted octanol–water partition coefficient (Wildman–Crippen LogP) is 0.771. The number of aromatic nitrogens is 6. The van der Waals surface area contributed by atoms with Gasteiger partial charge in [-0.15, -0.1) is 15.3 Å². The molecule has 1 aliphatic rings. The van der Waals surface area contributed by atoms with Gasteiger partial charge in [0.05, 0.1) is 0 Å². The summed E-state index contributed by atoms with van der Waals surface area (Å²) in [5, 5.41) is 15.7. The molecule has 8 nitrogen and oxygen atoms in total. The van der Waals surface area contributed by atoms with Crippen molar-refractivity contribution in [2.75, 3.05) is 29.9 Å². The molecule has 0 saturated carbocycles. The van der Waals surface area contributed by atoms with Gasteiger partial charge in [-0.1, -0.05) is 0 Å². The van der Waals surface area contributed by atoms with Gasteiger partial charge in [-0.3, -0.25) is 0 Å². The third-order valence-electron chi connectivity index (χ3n) is 3.78. The third-order valence-corrected chi connectivity index (χ3v) is 3.78. The molecule has 4 heterocycles. The Labute approximate surface area is 127 Å². The normalized spacial score (nSPS) is 15.0. The minimum absolute atomic E-state index is 0.591. The van der Waals surface area contributed by atoms with Crippen LogP contribution >= 0.6 is 0 Å². The van der Waals surface area contributed by atoms with E-state index in [1.165, 1.54) is 0 Å². The van der Waals surface area contributed by atoms with Crippen molar-refractivity contribution in [1.29, 1.82) is 0 Å². The molecular formula is C14H16N8. The highest BCUT2D eigenvalue weighted by Gasteiger charge is 2.27. The first-order valence-corrected chi connectivity index (χ1v) is 7.23. The molecule has 0 aromatic carbocycles. The van der Waals surface area contributed by atoms with Crippen LogP contribution in [0.15, 0.2) is 30.7 Å². The SMILES string of the molecule is Cc1nccc(NCC2CN(c3ccc4nncn4n3)C2)n1. The molecule has 0 bridgehead atoms. The summed E-state index contributed by atoms with van der Waals surface area (Å²) < 4.78 is 1.70. The first kappa shape index (κ1) is 12.9. The molecule has 22 heavy (non-hydrogen) atoms. The van der Waals surface area contributed by atoms with Gasteiger partial charge in [0.2, 0.25) is 0 Å². The standard InChI is InChI=1S/C14H16N8/c1-10-15-5-4-12(18-10)16-6-11-7-21(8-11)14-3-2-13-19-17-9-22(13)20-14/h2-5,9,11H,6-8H2,1H3,(H,15,16,18). The molecule has 4 rings (SSSR count). The van der Waals surface area contributed by atoms with Crippen LogP contribution in [-0.4, -0.2) is 49.4 Å². The monoisotopic (exact) mass is 296 g/mol. The molecule has 0 unspecified atom stereocenters. The lowest BCUT2D eigenvalue weighted by molar-refractivity contribution is 0.424. The Hall–Kier alpha value is -2.77. The van der Waals surface area contributed by atoms with Gasteiger partial charge in [-0.05, 0) is 25.1 Å². The van der Waals surface area contributed by atoms with Crippen LogP contribution in [-0.2, 0) is 0 Å². The van der Waals surface area contributed by atoms with E-state index in [1.54, 1.807) is 17.0 Å². The van der Waals surface area contributed by atoms with Gasteiger partial charge in [0.15, 0.2) is 5.65 Å². The minimum Gasteiger partial charge on any atom is -0.370 e. The van der Waals surface area contributed by atoms with Crippen molar-refractivity contribution in [3.63, 3.8) is 0 Å². The number of aryl methyl sites for hydroxylation is 1. The lowest BCUT2D eigenvalue weighted by atomic mass is 10.0. The summed E-state index contributed by atoms with van der Waals surface area (Å²) in [6.45, 7) is 4.76. The number of anilines is 2. The van der Waals surface area contributed by atoms with E-state index < -0.39 is 0 Å². The first-order chi connectivity index (χ1) is 10.8. The van der Waals surface area contributed by atoms with Crippen molar-refractivity contribution < 1.29 is 0 Å². The maximum absolute atomic E-state index is 4.50. The molecule has 3 aromatic heterocycles. The molecule has 1 aliphatic heterocycles. The Morgan fingerprint density at radius 2 is 2.18 bits per heavy atom. The lowest BCUT2D eigenvalue weighted by Crippen LogP contribution is -2.50. The number of nitrogens with one attached hydrogen (secondary N) is 1. The third kappa shape index (κ3) is 2.43. The summed E-state index contributed by atoms with van der Waals surface area (Å²) in [6, 6.07) is 5.82. The molecule has 1 saturated heterocycles. The molecule has 0 spiro atoms. The maximum atomic E-state index is 4.50. The van der Waals surface area contributed by atoms with Crippen LogP contribution in [0.2, 0.25) is 0 Å². The molecule has 0 amide bonds. The highest BCUT2D eigenvalue weighted by atomic mass is 15.4. The summed E-state index contributed by atoms with van der Waals surface area (Å²) in [7, 11) is 0. The average molecular weight is 296 g/mol. The molecule has 8 heteroatoms. The van der Waals surface area contributed by atoms with Gasteiger partial charge in [0, 0.05) is 31.7 Å². The van der Waals surface area contributed by atoms with Gasteiger partial charge in [0.25, 0.3) is 0 Å². The van der Waals surface area contributed by atoms with E-state index >= 15 is 0 Å². The zero-order chi connectivity index (χ0) is 14.9. The Morgan fingerprint density at radius 1 is 1.27 bits per heavy atom. The molecule has 3 aromatic rings. The van der Waals surface area contributed by atoms with Crippen LogP contribution in [0.3, 0.4) is 0 Å². The van der Waals surface area contributed by atoms with Gasteiger partial charge < -0.3 is 10.2 Å². The fraction of sp³-hybridized carbons (Fsp3) is 0.357. The van der Waals surface area contributed by atoms with Crippen LogP contribution < -0.4 is 10.2 Å². The van der Waals surface area contributed by atoms with Gasteiger partial charge >= 0.3 is 0 Å². The van der Waals surface area contributed by atoms with Gasteiger partial charge in [-0.2, -0.15) is 4.52 Å². The van der Waals surface area contributed by atoms with Crippen molar-refractivity contribution in [2.24, 2.45) is 5.92 Å². The van der Waals surface area contributed by atoms with E-state index in [2.05, 4.69) is 35.5 Å². The molecule has 0 radical (unpaired) electrons. The number of hydrogen-bond donors (Lipinski definition) is 1. The van der Waals surface area contributed by atoms with Crippen molar-refractivity contribution in [2.45, 2.75) is 6.92 Å². The molecular weight excluding hydrogens is 280 g/mol. The van der Waals surface area contributed by atoms with E-state index in [4.69, 9.17) is 0 Å². The highest BCUT2D eigenvalue weighted by molar-refractivity contribution is 5.47. The van der Waals surface area contributed by atoms with Crippen LogP contribution in [0.4, 0.5) is 11.6 Å². The predicted molar refractivity (Wildman–Crippen MR) is 81.7 cm³/mol. The largest absolute Gasteiger partial charge is 0.370 e. The van der Waals surface area contributed by atoms with Crippen LogP contribution in [0, 0.1) is 12.8 Å². The second-order valence-electron chi connectivity index (χ2n) is 5.47. The molecule has 0 atom stereocenters. The molecule has 1 fully saturated rings. The summed E-state index contributed by atoms with van der Waals surface area (Å²) in [6.07, 6.45) is 3.39. The summed E-state index contributed by atoms with van der Waals surface area (Å²) >= 11 is 0. The molecule has 1 N–H and O–H groups in total. The first-order valence-electron chi connectivity index (χ1n) is 7.23. The Kier molecular flexibility index (Phi) is 3.06. The second kappa shape index (κ2) is 5.21.